The Balaban J connectivity index is 2.83. The average molecular weight is 209 g/mol. The van der Waals surface area contributed by atoms with Crippen LogP contribution in [0.4, 0.5) is 0 Å². The highest BCUT2D eigenvalue weighted by Crippen LogP contribution is 2.30. The summed E-state index contributed by atoms with van der Waals surface area (Å²) in [6.45, 7) is 8.68. The Hall–Kier alpha value is -0.470. The molecular formula is C12H19NS. The van der Waals surface area contributed by atoms with Gasteiger partial charge in [-0.3, -0.25) is 0 Å². The standard InChI is InChI=1S/C12H19NS/c1-9-6-7-11(8-10(9)2)14-12(3,4)13-5/h6-8,13H,1-5H3. The monoisotopic (exact) mass is 209 g/mol. The summed E-state index contributed by atoms with van der Waals surface area (Å²) in [7, 11) is 1.99. The molecule has 0 unspecified atom stereocenters. The Labute approximate surface area is 91.3 Å². The lowest BCUT2D eigenvalue weighted by Crippen LogP contribution is -2.31. The summed E-state index contributed by atoms with van der Waals surface area (Å²) in [5.41, 5.74) is 2.72. The van der Waals surface area contributed by atoms with Crippen molar-refractivity contribution in [2.75, 3.05) is 7.05 Å². The molecule has 0 aliphatic rings. The van der Waals surface area contributed by atoms with Gasteiger partial charge in [0.1, 0.15) is 0 Å². The molecule has 0 spiro atoms. The van der Waals surface area contributed by atoms with E-state index in [-0.39, 0.29) is 4.87 Å². The third-order valence-electron chi connectivity index (χ3n) is 2.45. The van der Waals surface area contributed by atoms with Crippen LogP contribution >= 0.6 is 11.8 Å². The fourth-order valence-electron chi connectivity index (χ4n) is 1.12. The molecule has 0 aliphatic carbocycles. The molecule has 1 N–H and O–H groups in total. The maximum absolute atomic E-state index is 3.29. The smallest absolute Gasteiger partial charge is 0.0632 e. The van der Waals surface area contributed by atoms with Gasteiger partial charge in [-0.15, -0.1) is 11.8 Å². The van der Waals surface area contributed by atoms with Crippen LogP contribution in [0, 0.1) is 13.8 Å². The van der Waals surface area contributed by atoms with E-state index in [4.69, 9.17) is 0 Å². The fraction of sp³-hybridized carbons (Fsp3) is 0.500. The topological polar surface area (TPSA) is 12.0 Å². The van der Waals surface area contributed by atoms with Crippen LogP contribution in [0.25, 0.3) is 0 Å². The van der Waals surface area contributed by atoms with E-state index in [9.17, 15) is 0 Å². The highest BCUT2D eigenvalue weighted by atomic mass is 32.2. The third-order valence-corrected chi connectivity index (χ3v) is 3.66. The number of rotatable bonds is 3. The molecule has 0 aliphatic heterocycles. The Morgan fingerprint density at radius 1 is 1.14 bits per heavy atom. The summed E-state index contributed by atoms with van der Waals surface area (Å²) in [6.07, 6.45) is 0. The highest BCUT2D eigenvalue weighted by molar-refractivity contribution is 8.00. The molecular weight excluding hydrogens is 190 g/mol. The maximum Gasteiger partial charge on any atom is 0.0632 e. The second-order valence-electron chi connectivity index (χ2n) is 4.11. The number of hydrogen-bond acceptors (Lipinski definition) is 2. The van der Waals surface area contributed by atoms with Crippen molar-refractivity contribution in [3.8, 4) is 0 Å². The maximum atomic E-state index is 3.29. The van der Waals surface area contributed by atoms with Gasteiger partial charge in [-0.1, -0.05) is 6.07 Å². The van der Waals surface area contributed by atoms with Gasteiger partial charge < -0.3 is 5.32 Å². The molecule has 0 atom stereocenters. The molecule has 0 aromatic heterocycles. The molecule has 0 bridgehead atoms. The summed E-state index contributed by atoms with van der Waals surface area (Å²) in [5, 5.41) is 3.29. The number of nitrogens with one attached hydrogen (secondary N) is 1. The van der Waals surface area contributed by atoms with E-state index in [1.54, 1.807) is 0 Å². The molecule has 0 fully saturated rings. The first-order chi connectivity index (χ1) is 6.44. The van der Waals surface area contributed by atoms with Gasteiger partial charge in [0.15, 0.2) is 0 Å². The zero-order valence-corrected chi connectivity index (χ0v) is 10.5. The van der Waals surface area contributed by atoms with Crippen molar-refractivity contribution in [3.05, 3.63) is 29.3 Å². The van der Waals surface area contributed by atoms with E-state index in [2.05, 4.69) is 51.2 Å². The quantitative estimate of drug-likeness (QED) is 0.605. The first-order valence-corrected chi connectivity index (χ1v) is 5.71. The molecule has 1 aromatic rings. The number of aryl methyl sites for hydroxylation is 2. The summed E-state index contributed by atoms with van der Waals surface area (Å²) in [5.74, 6) is 0. The van der Waals surface area contributed by atoms with Crippen molar-refractivity contribution >= 4 is 11.8 Å². The number of hydrogen-bond donors (Lipinski definition) is 1. The zero-order valence-electron chi connectivity index (χ0n) is 9.64. The molecule has 1 rings (SSSR count). The van der Waals surface area contributed by atoms with Gasteiger partial charge in [-0.25, -0.2) is 0 Å². The summed E-state index contributed by atoms with van der Waals surface area (Å²) < 4.78 is 0. The van der Waals surface area contributed by atoms with Crippen LogP contribution in [-0.2, 0) is 0 Å². The van der Waals surface area contributed by atoms with Gasteiger partial charge in [0.05, 0.1) is 4.87 Å². The minimum Gasteiger partial charge on any atom is -0.306 e. The third kappa shape index (κ3) is 3.03. The van der Waals surface area contributed by atoms with Gasteiger partial charge in [-0.05, 0) is 58.0 Å². The van der Waals surface area contributed by atoms with Crippen LogP contribution in [0.15, 0.2) is 23.1 Å². The molecule has 2 heteroatoms. The SMILES string of the molecule is CNC(C)(C)Sc1ccc(C)c(C)c1. The van der Waals surface area contributed by atoms with Gasteiger partial charge in [0.2, 0.25) is 0 Å². The van der Waals surface area contributed by atoms with Crippen molar-refractivity contribution in [1.82, 2.24) is 5.32 Å². The largest absolute Gasteiger partial charge is 0.306 e. The van der Waals surface area contributed by atoms with E-state index >= 15 is 0 Å². The average Bonchev–Trinajstić information content (AvgIpc) is 2.11. The van der Waals surface area contributed by atoms with E-state index in [0.29, 0.717) is 0 Å². The normalized spacial score (nSPS) is 11.8. The zero-order chi connectivity index (χ0) is 10.8. The van der Waals surface area contributed by atoms with E-state index in [0.717, 1.165) is 0 Å². The molecule has 0 saturated carbocycles. The lowest BCUT2D eigenvalue weighted by atomic mass is 10.1. The fourth-order valence-corrected chi connectivity index (χ4v) is 2.19. The van der Waals surface area contributed by atoms with Crippen LogP contribution in [0.1, 0.15) is 25.0 Å². The number of thioether (sulfide) groups is 1. The molecule has 0 saturated heterocycles. The highest BCUT2D eigenvalue weighted by Gasteiger charge is 2.16. The van der Waals surface area contributed by atoms with Crippen molar-refractivity contribution in [1.29, 1.82) is 0 Å². The summed E-state index contributed by atoms with van der Waals surface area (Å²) in [6, 6.07) is 6.62. The second kappa shape index (κ2) is 4.37. The van der Waals surface area contributed by atoms with Crippen molar-refractivity contribution in [2.24, 2.45) is 0 Å². The first-order valence-electron chi connectivity index (χ1n) is 4.90. The Morgan fingerprint density at radius 2 is 1.79 bits per heavy atom. The van der Waals surface area contributed by atoms with E-state index in [1.165, 1.54) is 16.0 Å². The Kier molecular flexibility index (Phi) is 3.62. The summed E-state index contributed by atoms with van der Waals surface area (Å²) in [4.78, 5) is 1.43. The van der Waals surface area contributed by atoms with Gasteiger partial charge in [-0.2, -0.15) is 0 Å². The molecule has 1 aromatic carbocycles. The second-order valence-corrected chi connectivity index (χ2v) is 5.80. The summed E-state index contributed by atoms with van der Waals surface area (Å²) >= 11 is 1.86. The molecule has 1 nitrogen and oxygen atoms in total. The van der Waals surface area contributed by atoms with Gasteiger partial charge >= 0.3 is 0 Å². The molecule has 78 valence electrons. The van der Waals surface area contributed by atoms with Crippen LogP contribution < -0.4 is 5.32 Å². The van der Waals surface area contributed by atoms with Crippen LogP contribution in [0.2, 0.25) is 0 Å². The van der Waals surface area contributed by atoms with E-state index < -0.39 is 0 Å². The van der Waals surface area contributed by atoms with Crippen LogP contribution in [0.5, 0.6) is 0 Å². The minimum atomic E-state index is 0.0989. The lowest BCUT2D eigenvalue weighted by Gasteiger charge is -2.23. The van der Waals surface area contributed by atoms with Crippen molar-refractivity contribution in [2.45, 2.75) is 37.5 Å². The molecule has 0 amide bonds. The van der Waals surface area contributed by atoms with Crippen molar-refractivity contribution in [3.63, 3.8) is 0 Å². The predicted molar refractivity (Wildman–Crippen MR) is 64.9 cm³/mol. The Bertz CT molecular complexity index is 318. The van der Waals surface area contributed by atoms with Crippen LogP contribution in [-0.4, -0.2) is 11.9 Å². The van der Waals surface area contributed by atoms with Crippen molar-refractivity contribution < 1.29 is 0 Å². The Morgan fingerprint density at radius 3 is 2.29 bits per heavy atom. The van der Waals surface area contributed by atoms with Crippen LogP contribution in [0.3, 0.4) is 0 Å². The van der Waals surface area contributed by atoms with E-state index in [1.807, 2.05) is 18.8 Å². The first kappa shape index (κ1) is 11.6. The van der Waals surface area contributed by atoms with Gasteiger partial charge in [0.25, 0.3) is 0 Å². The minimum absolute atomic E-state index is 0.0989. The number of benzene rings is 1. The molecule has 0 radical (unpaired) electrons. The predicted octanol–water partition coefficient (Wildman–Crippen LogP) is 3.35. The lowest BCUT2D eigenvalue weighted by molar-refractivity contribution is 0.609. The molecule has 0 heterocycles. The molecule has 14 heavy (non-hydrogen) atoms. The van der Waals surface area contributed by atoms with Gasteiger partial charge in [0, 0.05) is 4.90 Å².